The fourth-order valence-electron chi connectivity index (χ4n) is 4.06. The Morgan fingerprint density at radius 2 is 1.53 bits per heavy atom. The number of carbonyl (C=O) groups is 2. The molecule has 8 heteroatoms. The van der Waals surface area contributed by atoms with Crippen LogP contribution in [0.3, 0.4) is 0 Å². The van der Waals surface area contributed by atoms with Crippen LogP contribution in [0.5, 0.6) is 0 Å². The lowest BCUT2D eigenvalue weighted by Gasteiger charge is -2.17. The molecule has 2 N–H and O–H groups in total. The molecule has 3 aromatic carbocycles. The van der Waals surface area contributed by atoms with Gasteiger partial charge in [0, 0.05) is 24.0 Å². The normalized spacial score (nSPS) is 13.0. The maximum absolute atomic E-state index is 12.4. The van der Waals surface area contributed by atoms with Crippen molar-refractivity contribution in [1.29, 1.82) is 0 Å². The van der Waals surface area contributed by atoms with E-state index in [9.17, 15) is 24.8 Å². The molecule has 0 aromatic heterocycles. The lowest BCUT2D eigenvalue weighted by atomic mass is 9.98. The number of alkyl carbamates (subject to hydrolysis) is 1. The number of para-hydroxylation sites is 1. The van der Waals surface area contributed by atoms with Crippen molar-refractivity contribution >= 4 is 17.7 Å². The molecular formula is C24H20N2O6. The number of hydrogen-bond acceptors (Lipinski definition) is 5. The third-order valence-electron chi connectivity index (χ3n) is 5.55. The summed E-state index contributed by atoms with van der Waals surface area (Å²) in [6.45, 7) is 0.0394. The highest BCUT2D eigenvalue weighted by Crippen LogP contribution is 2.44. The average molecular weight is 432 g/mol. The molecule has 1 unspecified atom stereocenters. The molecule has 1 atom stereocenters. The lowest BCUT2D eigenvalue weighted by molar-refractivity contribution is -0.385. The fourth-order valence-corrected chi connectivity index (χ4v) is 4.06. The van der Waals surface area contributed by atoms with Gasteiger partial charge in [-0.3, -0.25) is 10.1 Å². The van der Waals surface area contributed by atoms with E-state index in [2.05, 4.69) is 5.32 Å². The molecule has 1 aliphatic carbocycles. The number of ether oxygens (including phenoxy) is 1. The van der Waals surface area contributed by atoms with E-state index in [1.165, 1.54) is 18.2 Å². The van der Waals surface area contributed by atoms with Gasteiger partial charge in [-0.05, 0) is 22.3 Å². The van der Waals surface area contributed by atoms with E-state index in [4.69, 9.17) is 4.74 Å². The Bertz CT molecular complexity index is 1150. The number of rotatable bonds is 7. The van der Waals surface area contributed by atoms with Gasteiger partial charge in [-0.15, -0.1) is 0 Å². The van der Waals surface area contributed by atoms with Crippen molar-refractivity contribution in [1.82, 2.24) is 5.32 Å². The second-order valence-corrected chi connectivity index (χ2v) is 7.45. The van der Waals surface area contributed by atoms with Crippen LogP contribution in [0.25, 0.3) is 11.1 Å². The quantitative estimate of drug-likeness (QED) is 0.428. The van der Waals surface area contributed by atoms with Gasteiger partial charge in [-0.1, -0.05) is 66.7 Å². The van der Waals surface area contributed by atoms with Gasteiger partial charge in [-0.2, -0.15) is 0 Å². The van der Waals surface area contributed by atoms with Gasteiger partial charge in [0.1, 0.15) is 12.6 Å². The number of nitrogens with zero attached hydrogens (tertiary/aromatic N) is 1. The fraction of sp³-hybridized carbons (Fsp3) is 0.167. The van der Waals surface area contributed by atoms with Gasteiger partial charge in [0.2, 0.25) is 0 Å². The Hall–Kier alpha value is -4.20. The molecule has 8 nitrogen and oxygen atoms in total. The zero-order valence-electron chi connectivity index (χ0n) is 16.9. The van der Waals surface area contributed by atoms with E-state index in [0.29, 0.717) is 0 Å². The van der Waals surface area contributed by atoms with Gasteiger partial charge in [0.15, 0.2) is 0 Å². The third-order valence-corrected chi connectivity index (χ3v) is 5.55. The number of fused-ring (bicyclic) bond motifs is 3. The summed E-state index contributed by atoms with van der Waals surface area (Å²) >= 11 is 0. The van der Waals surface area contributed by atoms with Gasteiger partial charge < -0.3 is 15.2 Å². The van der Waals surface area contributed by atoms with E-state index >= 15 is 0 Å². The number of carboxylic acids is 1. The first-order valence-electron chi connectivity index (χ1n) is 10.0. The van der Waals surface area contributed by atoms with Crippen LogP contribution >= 0.6 is 0 Å². The second-order valence-electron chi connectivity index (χ2n) is 7.45. The number of nitrogens with one attached hydrogen (secondary N) is 1. The molecule has 3 aromatic rings. The molecule has 0 radical (unpaired) electrons. The van der Waals surface area contributed by atoms with Crippen LogP contribution in [0, 0.1) is 10.1 Å². The van der Waals surface area contributed by atoms with Crippen LogP contribution in [0.4, 0.5) is 10.5 Å². The Balaban J connectivity index is 1.45. The molecule has 0 heterocycles. The summed E-state index contributed by atoms with van der Waals surface area (Å²) in [5.41, 5.74) is 4.25. The van der Waals surface area contributed by atoms with E-state index in [1.54, 1.807) is 6.07 Å². The van der Waals surface area contributed by atoms with E-state index in [-0.39, 0.29) is 30.2 Å². The number of aliphatic carboxylic acids is 1. The minimum absolute atomic E-state index is 0.0394. The predicted molar refractivity (Wildman–Crippen MR) is 116 cm³/mol. The van der Waals surface area contributed by atoms with Gasteiger partial charge in [0.25, 0.3) is 5.69 Å². The minimum atomic E-state index is -1.37. The molecule has 0 saturated heterocycles. The summed E-state index contributed by atoms with van der Waals surface area (Å²) in [5.74, 6) is -1.47. The van der Waals surface area contributed by atoms with Crippen molar-refractivity contribution in [3.63, 3.8) is 0 Å². The van der Waals surface area contributed by atoms with Gasteiger partial charge >= 0.3 is 12.1 Å². The number of carboxylic acid groups (broad SMARTS) is 1. The van der Waals surface area contributed by atoms with Gasteiger partial charge in [-0.25, -0.2) is 9.59 Å². The standard InChI is InChI=1S/C24H20N2O6/c27-23(28)21(13-15-7-1-6-12-22(15)26(30)31)25-24(29)32-14-20-18-10-4-2-8-16(18)17-9-3-5-11-19(17)20/h1-12,20-21H,13-14H2,(H,25,29)(H,27,28). The van der Waals surface area contributed by atoms with Crippen molar-refractivity contribution in [3.8, 4) is 11.1 Å². The Morgan fingerprint density at radius 1 is 0.969 bits per heavy atom. The Labute approximate surface area is 183 Å². The summed E-state index contributed by atoms with van der Waals surface area (Å²) in [4.78, 5) is 34.7. The van der Waals surface area contributed by atoms with Crippen LogP contribution in [-0.4, -0.2) is 34.7 Å². The summed E-state index contributed by atoms with van der Waals surface area (Å²) in [7, 11) is 0. The summed E-state index contributed by atoms with van der Waals surface area (Å²) < 4.78 is 5.39. The highest BCUT2D eigenvalue weighted by Gasteiger charge is 2.30. The molecule has 1 amide bonds. The summed E-state index contributed by atoms with van der Waals surface area (Å²) in [6, 6.07) is 20.2. The minimum Gasteiger partial charge on any atom is -0.480 e. The highest BCUT2D eigenvalue weighted by atomic mass is 16.6. The SMILES string of the molecule is O=C(NC(Cc1ccccc1[N+](=O)[O-])C(=O)O)OCC1c2ccccc2-c2ccccc21. The smallest absolute Gasteiger partial charge is 0.407 e. The van der Waals surface area contributed by atoms with Crippen LogP contribution in [0.1, 0.15) is 22.6 Å². The average Bonchev–Trinajstić information content (AvgIpc) is 3.11. The number of amides is 1. The Kier molecular flexibility index (Phi) is 5.85. The first-order valence-corrected chi connectivity index (χ1v) is 10.0. The lowest BCUT2D eigenvalue weighted by Crippen LogP contribution is -2.43. The van der Waals surface area contributed by atoms with Crippen molar-refractivity contribution < 1.29 is 24.4 Å². The molecule has 1 aliphatic rings. The Morgan fingerprint density at radius 3 is 2.12 bits per heavy atom. The zero-order chi connectivity index (χ0) is 22.7. The van der Waals surface area contributed by atoms with Crippen LogP contribution < -0.4 is 5.32 Å². The first kappa shape index (κ1) is 21.0. The molecule has 4 rings (SSSR count). The molecule has 32 heavy (non-hydrogen) atoms. The highest BCUT2D eigenvalue weighted by molar-refractivity contribution is 5.81. The number of hydrogen-bond donors (Lipinski definition) is 2. The summed E-state index contributed by atoms with van der Waals surface area (Å²) in [6.07, 6.45) is -1.13. The van der Waals surface area contributed by atoms with Gasteiger partial charge in [0.05, 0.1) is 4.92 Å². The van der Waals surface area contributed by atoms with E-state index in [1.807, 2.05) is 48.5 Å². The van der Waals surface area contributed by atoms with Crippen LogP contribution in [-0.2, 0) is 16.0 Å². The second kappa shape index (κ2) is 8.89. The van der Waals surface area contributed by atoms with Crippen molar-refractivity contribution in [2.24, 2.45) is 0 Å². The molecule has 162 valence electrons. The number of benzene rings is 3. The molecule has 0 bridgehead atoms. The van der Waals surface area contributed by atoms with Crippen molar-refractivity contribution in [2.75, 3.05) is 6.61 Å². The van der Waals surface area contributed by atoms with Crippen LogP contribution in [0.2, 0.25) is 0 Å². The maximum atomic E-state index is 12.4. The maximum Gasteiger partial charge on any atom is 0.407 e. The van der Waals surface area contributed by atoms with E-state index < -0.39 is 23.0 Å². The molecule has 0 fully saturated rings. The third kappa shape index (κ3) is 4.15. The summed E-state index contributed by atoms with van der Waals surface area (Å²) in [5, 5.41) is 23.0. The topological polar surface area (TPSA) is 119 Å². The van der Waals surface area contributed by atoms with E-state index in [0.717, 1.165) is 22.3 Å². The van der Waals surface area contributed by atoms with Crippen molar-refractivity contribution in [2.45, 2.75) is 18.4 Å². The monoisotopic (exact) mass is 432 g/mol. The number of nitro benzene ring substituents is 1. The molecule has 0 spiro atoms. The molecule has 0 saturated carbocycles. The number of nitro groups is 1. The largest absolute Gasteiger partial charge is 0.480 e. The predicted octanol–water partition coefficient (Wildman–Crippen LogP) is 4.13. The van der Waals surface area contributed by atoms with Crippen LogP contribution in [0.15, 0.2) is 72.8 Å². The number of carbonyl (C=O) groups excluding carboxylic acids is 1. The first-order chi connectivity index (χ1) is 15.5. The molecule has 0 aliphatic heterocycles. The molecular weight excluding hydrogens is 412 g/mol. The zero-order valence-corrected chi connectivity index (χ0v) is 16.9. The van der Waals surface area contributed by atoms with Crippen molar-refractivity contribution in [3.05, 3.63) is 99.6 Å².